The molecule has 0 N–H and O–H groups in total. The Balaban J connectivity index is 1.76. The number of hydrogen-bond acceptors (Lipinski definition) is 6. The molecule has 8 heteroatoms. The van der Waals surface area contributed by atoms with Gasteiger partial charge < -0.3 is 9.57 Å². The molecule has 1 fully saturated rings. The summed E-state index contributed by atoms with van der Waals surface area (Å²) in [4.78, 5) is 44.2. The number of hydrogen-bond donors (Lipinski definition) is 0. The highest BCUT2D eigenvalue weighted by atomic mass is 35.5. The number of rotatable bonds is 3. The first-order valence-corrected chi connectivity index (χ1v) is 8.46. The molecule has 0 saturated carbocycles. The number of para-hydroxylation sites is 1. The van der Waals surface area contributed by atoms with E-state index in [1.54, 1.807) is 36.4 Å². The zero-order valence-corrected chi connectivity index (χ0v) is 14.8. The second-order valence-electron chi connectivity index (χ2n) is 5.98. The first kappa shape index (κ1) is 17.2. The maximum Gasteiger partial charge on any atom is 0.339 e. The predicted octanol–water partition coefficient (Wildman–Crippen LogP) is 2.42. The number of oxime groups is 1. The summed E-state index contributed by atoms with van der Waals surface area (Å²) in [5.41, 5.74) is 1.08. The van der Waals surface area contributed by atoms with Crippen LogP contribution in [-0.2, 0) is 19.2 Å². The number of methoxy groups -OCH3 is 1. The number of imide groups is 1. The lowest BCUT2D eigenvalue weighted by molar-refractivity contribution is -0.126. The van der Waals surface area contributed by atoms with Gasteiger partial charge in [0.25, 0.3) is 5.91 Å². The molecule has 2 atom stereocenters. The highest BCUT2D eigenvalue weighted by Gasteiger charge is 2.56. The van der Waals surface area contributed by atoms with Crippen LogP contribution >= 0.6 is 11.6 Å². The minimum absolute atomic E-state index is 0.109. The Morgan fingerprint density at radius 1 is 1.11 bits per heavy atom. The molecule has 2 unspecified atom stereocenters. The van der Waals surface area contributed by atoms with E-state index in [0.29, 0.717) is 16.3 Å². The topological polar surface area (TPSA) is 85.3 Å². The standard InChI is InChI=1S/C19H13ClN2O5/c1-26-19(25)11-7-3-5-9-13(11)22-17(23)14-15(21-27-16(14)18(22)24)10-6-2-4-8-12(10)20/h2-9,14,16H,1H3. The molecule has 2 aromatic rings. The lowest BCUT2D eigenvalue weighted by Crippen LogP contribution is -2.34. The van der Waals surface area contributed by atoms with E-state index in [-0.39, 0.29) is 11.3 Å². The predicted molar refractivity (Wildman–Crippen MR) is 96.6 cm³/mol. The molecule has 0 aliphatic carbocycles. The fraction of sp³-hybridized carbons (Fsp3) is 0.158. The van der Waals surface area contributed by atoms with E-state index in [1.165, 1.54) is 19.2 Å². The minimum Gasteiger partial charge on any atom is -0.465 e. The van der Waals surface area contributed by atoms with Gasteiger partial charge in [-0.15, -0.1) is 0 Å². The molecule has 2 aliphatic heterocycles. The molecule has 7 nitrogen and oxygen atoms in total. The van der Waals surface area contributed by atoms with Gasteiger partial charge in [-0.25, -0.2) is 9.69 Å². The molecular weight excluding hydrogens is 372 g/mol. The average molecular weight is 385 g/mol. The van der Waals surface area contributed by atoms with Crippen molar-refractivity contribution in [2.24, 2.45) is 11.1 Å². The van der Waals surface area contributed by atoms with Gasteiger partial charge in [0.1, 0.15) is 11.6 Å². The van der Waals surface area contributed by atoms with E-state index < -0.39 is 29.8 Å². The highest BCUT2D eigenvalue weighted by Crippen LogP contribution is 2.37. The van der Waals surface area contributed by atoms with E-state index >= 15 is 0 Å². The van der Waals surface area contributed by atoms with Crippen LogP contribution in [0, 0.1) is 5.92 Å². The van der Waals surface area contributed by atoms with Gasteiger partial charge in [0.05, 0.1) is 18.4 Å². The Morgan fingerprint density at radius 3 is 2.56 bits per heavy atom. The Morgan fingerprint density at radius 2 is 1.81 bits per heavy atom. The number of fused-ring (bicyclic) bond motifs is 1. The van der Waals surface area contributed by atoms with Gasteiger partial charge in [-0.3, -0.25) is 9.59 Å². The fourth-order valence-electron chi connectivity index (χ4n) is 3.26. The van der Waals surface area contributed by atoms with Crippen molar-refractivity contribution >= 4 is 40.8 Å². The number of anilines is 1. The second kappa shape index (κ2) is 6.51. The molecule has 0 bridgehead atoms. The molecule has 0 radical (unpaired) electrons. The monoisotopic (exact) mass is 384 g/mol. The smallest absolute Gasteiger partial charge is 0.339 e. The number of benzene rings is 2. The van der Waals surface area contributed by atoms with Crippen LogP contribution in [0.3, 0.4) is 0 Å². The molecule has 2 heterocycles. The van der Waals surface area contributed by atoms with Crippen LogP contribution in [0.25, 0.3) is 0 Å². The van der Waals surface area contributed by atoms with E-state index in [4.69, 9.17) is 21.2 Å². The van der Waals surface area contributed by atoms with Crippen molar-refractivity contribution in [3.05, 3.63) is 64.7 Å². The van der Waals surface area contributed by atoms with Crippen LogP contribution < -0.4 is 4.90 Å². The Labute approximate surface area is 159 Å². The Bertz CT molecular complexity index is 1000. The first-order chi connectivity index (χ1) is 13.0. The molecule has 2 amide bonds. The van der Waals surface area contributed by atoms with Crippen molar-refractivity contribution in [2.45, 2.75) is 6.10 Å². The first-order valence-electron chi connectivity index (χ1n) is 8.08. The molecule has 0 aromatic heterocycles. The van der Waals surface area contributed by atoms with Gasteiger partial charge >= 0.3 is 5.97 Å². The van der Waals surface area contributed by atoms with Gasteiger partial charge in [-0.2, -0.15) is 0 Å². The lowest BCUT2D eigenvalue weighted by atomic mass is 9.94. The van der Waals surface area contributed by atoms with Gasteiger partial charge in [0.15, 0.2) is 0 Å². The normalized spacial score (nSPS) is 21.0. The van der Waals surface area contributed by atoms with Gasteiger partial charge in [-0.1, -0.05) is 47.1 Å². The van der Waals surface area contributed by atoms with Gasteiger partial charge in [0.2, 0.25) is 12.0 Å². The Kier molecular flexibility index (Phi) is 4.16. The number of halogens is 1. The summed E-state index contributed by atoms with van der Waals surface area (Å²) in [6.45, 7) is 0. The number of carbonyl (C=O) groups excluding carboxylic acids is 3. The van der Waals surface area contributed by atoms with E-state index in [0.717, 1.165) is 4.90 Å². The summed E-state index contributed by atoms with van der Waals surface area (Å²) in [5, 5.41) is 4.32. The summed E-state index contributed by atoms with van der Waals surface area (Å²) in [7, 11) is 1.23. The van der Waals surface area contributed by atoms with Crippen LogP contribution in [0.1, 0.15) is 15.9 Å². The van der Waals surface area contributed by atoms with E-state index in [9.17, 15) is 14.4 Å². The summed E-state index contributed by atoms with van der Waals surface area (Å²) in [6.07, 6.45) is -1.09. The minimum atomic E-state index is -1.09. The van der Waals surface area contributed by atoms with Crippen molar-refractivity contribution in [1.82, 2.24) is 0 Å². The molecule has 4 rings (SSSR count). The zero-order valence-electron chi connectivity index (χ0n) is 14.1. The molecule has 0 spiro atoms. The van der Waals surface area contributed by atoms with Gasteiger partial charge in [0, 0.05) is 10.6 Å². The van der Waals surface area contributed by atoms with Crippen LogP contribution in [0.4, 0.5) is 5.69 Å². The lowest BCUT2D eigenvalue weighted by Gasteiger charge is -2.18. The van der Waals surface area contributed by atoms with E-state index in [1.807, 2.05) is 0 Å². The molecule has 1 saturated heterocycles. The molecule has 2 aliphatic rings. The maximum atomic E-state index is 13.1. The van der Waals surface area contributed by atoms with Crippen LogP contribution in [-0.4, -0.2) is 36.7 Å². The summed E-state index contributed by atoms with van der Waals surface area (Å²) in [6, 6.07) is 13.1. The van der Waals surface area contributed by atoms with Crippen LogP contribution in [0.5, 0.6) is 0 Å². The SMILES string of the molecule is COC(=O)c1ccccc1N1C(=O)C2ON=C(c3ccccc3Cl)C2C1=O. The third-order valence-electron chi connectivity index (χ3n) is 4.51. The van der Waals surface area contributed by atoms with Crippen LogP contribution in [0.15, 0.2) is 53.7 Å². The van der Waals surface area contributed by atoms with Crippen molar-refractivity contribution in [2.75, 3.05) is 12.0 Å². The summed E-state index contributed by atoms with van der Waals surface area (Å²) < 4.78 is 4.75. The average Bonchev–Trinajstić information content (AvgIpc) is 3.22. The second-order valence-corrected chi connectivity index (χ2v) is 6.39. The quantitative estimate of drug-likeness (QED) is 0.599. The van der Waals surface area contributed by atoms with Crippen LogP contribution in [0.2, 0.25) is 5.02 Å². The van der Waals surface area contributed by atoms with Crippen molar-refractivity contribution in [3.8, 4) is 0 Å². The van der Waals surface area contributed by atoms with Crippen molar-refractivity contribution < 1.29 is 24.0 Å². The number of nitrogens with zero attached hydrogens (tertiary/aromatic N) is 2. The summed E-state index contributed by atoms with van der Waals surface area (Å²) in [5.74, 6) is -2.70. The van der Waals surface area contributed by atoms with E-state index in [2.05, 4.69) is 5.16 Å². The van der Waals surface area contributed by atoms with Gasteiger partial charge in [-0.05, 0) is 18.2 Å². The third kappa shape index (κ3) is 2.59. The molecule has 2 aromatic carbocycles. The molecule has 27 heavy (non-hydrogen) atoms. The number of ether oxygens (including phenoxy) is 1. The Hall–Kier alpha value is -3.19. The highest BCUT2D eigenvalue weighted by molar-refractivity contribution is 6.38. The zero-order chi connectivity index (χ0) is 19.1. The third-order valence-corrected chi connectivity index (χ3v) is 4.84. The van der Waals surface area contributed by atoms with Crippen molar-refractivity contribution in [1.29, 1.82) is 0 Å². The molecular formula is C19H13ClN2O5. The van der Waals surface area contributed by atoms with Crippen molar-refractivity contribution in [3.63, 3.8) is 0 Å². The largest absolute Gasteiger partial charge is 0.465 e. The number of amides is 2. The maximum absolute atomic E-state index is 13.1. The molecule has 136 valence electrons. The summed E-state index contributed by atoms with van der Waals surface area (Å²) >= 11 is 6.21. The number of carbonyl (C=O) groups is 3. The number of esters is 1. The fourth-order valence-corrected chi connectivity index (χ4v) is 3.49.